The van der Waals surface area contributed by atoms with Gasteiger partial charge < -0.3 is 10.3 Å². The highest BCUT2D eigenvalue weighted by Gasteiger charge is 2.23. The van der Waals surface area contributed by atoms with E-state index in [1.165, 1.54) is 21.9 Å². The Morgan fingerprint density at radius 2 is 2.17 bits per heavy atom. The van der Waals surface area contributed by atoms with Crippen LogP contribution in [0.2, 0.25) is 0 Å². The fourth-order valence-corrected chi connectivity index (χ4v) is 3.87. The Morgan fingerprint density at radius 3 is 3.00 bits per heavy atom. The molecule has 18 heavy (non-hydrogen) atoms. The van der Waals surface area contributed by atoms with Gasteiger partial charge in [0.15, 0.2) is 0 Å². The highest BCUT2D eigenvalue weighted by molar-refractivity contribution is 7.99. The minimum absolute atomic E-state index is 0.101. The molecular formula is C15H18N2S. The van der Waals surface area contributed by atoms with Crippen molar-refractivity contribution in [3.8, 4) is 0 Å². The highest BCUT2D eigenvalue weighted by Crippen LogP contribution is 2.40. The summed E-state index contributed by atoms with van der Waals surface area (Å²) in [6, 6.07) is 13.1. The van der Waals surface area contributed by atoms with Crippen LogP contribution in [0.5, 0.6) is 0 Å². The second-order valence-corrected chi connectivity index (χ2v) is 5.98. The molecule has 0 radical (unpaired) electrons. The molecule has 1 aliphatic rings. The lowest BCUT2D eigenvalue weighted by atomic mass is 10.0. The average Bonchev–Trinajstić information content (AvgIpc) is 2.97. The van der Waals surface area contributed by atoms with Gasteiger partial charge in [0.2, 0.25) is 0 Å². The van der Waals surface area contributed by atoms with E-state index in [4.69, 9.17) is 5.73 Å². The van der Waals surface area contributed by atoms with E-state index in [1.54, 1.807) is 0 Å². The van der Waals surface area contributed by atoms with Crippen LogP contribution in [0.25, 0.3) is 0 Å². The minimum atomic E-state index is 0.101. The van der Waals surface area contributed by atoms with Crippen LogP contribution in [0.4, 0.5) is 0 Å². The molecule has 2 aromatic rings. The van der Waals surface area contributed by atoms with Crippen molar-refractivity contribution >= 4 is 11.8 Å². The molecule has 1 aromatic carbocycles. The summed E-state index contributed by atoms with van der Waals surface area (Å²) >= 11 is 1.97. The van der Waals surface area contributed by atoms with Gasteiger partial charge in [-0.2, -0.15) is 0 Å². The molecule has 2 unspecified atom stereocenters. The quantitative estimate of drug-likeness (QED) is 0.914. The van der Waals surface area contributed by atoms with E-state index < -0.39 is 0 Å². The Kier molecular flexibility index (Phi) is 3.18. The zero-order chi connectivity index (χ0) is 12.5. The highest BCUT2D eigenvalue weighted by atomic mass is 32.2. The summed E-state index contributed by atoms with van der Waals surface area (Å²) in [6.07, 6.45) is 2.14. The van der Waals surface area contributed by atoms with Crippen LogP contribution in [-0.4, -0.2) is 10.3 Å². The average molecular weight is 258 g/mol. The number of nitrogens with two attached hydrogens (primary N) is 1. The van der Waals surface area contributed by atoms with Gasteiger partial charge in [-0.15, -0.1) is 11.8 Å². The number of nitrogens with zero attached hydrogens (tertiary/aromatic N) is 1. The zero-order valence-electron chi connectivity index (χ0n) is 10.5. The summed E-state index contributed by atoms with van der Waals surface area (Å²) in [4.78, 5) is 1.44. The lowest BCUT2D eigenvalue weighted by molar-refractivity contribution is 0.567. The van der Waals surface area contributed by atoms with Crippen molar-refractivity contribution in [3.05, 3.63) is 53.9 Å². The van der Waals surface area contributed by atoms with Gasteiger partial charge in [-0.05, 0) is 30.7 Å². The topological polar surface area (TPSA) is 30.9 Å². The third kappa shape index (κ3) is 2.08. The van der Waals surface area contributed by atoms with Crippen LogP contribution in [-0.2, 0) is 6.54 Å². The van der Waals surface area contributed by atoms with Crippen LogP contribution in [0.1, 0.15) is 30.1 Å². The number of rotatable bonds is 3. The fraction of sp³-hybridized carbons (Fsp3) is 0.333. The van der Waals surface area contributed by atoms with E-state index in [9.17, 15) is 0 Å². The van der Waals surface area contributed by atoms with Crippen molar-refractivity contribution < 1.29 is 0 Å². The molecule has 2 N–H and O–H groups in total. The first-order chi connectivity index (χ1) is 8.75. The van der Waals surface area contributed by atoms with E-state index in [2.05, 4.69) is 47.2 Å². The normalized spacial score (nSPS) is 19.8. The van der Waals surface area contributed by atoms with Gasteiger partial charge in [-0.1, -0.05) is 18.2 Å². The van der Waals surface area contributed by atoms with E-state index in [0.717, 1.165) is 6.54 Å². The molecule has 94 valence electrons. The zero-order valence-corrected chi connectivity index (χ0v) is 11.4. The summed E-state index contributed by atoms with van der Waals surface area (Å²) in [5, 5.41) is 0. The van der Waals surface area contributed by atoms with E-state index in [-0.39, 0.29) is 6.04 Å². The SMILES string of the molecule is CC(N)c1cccn1CC1CSc2ccccc21. The summed E-state index contributed by atoms with van der Waals surface area (Å²) in [5.41, 5.74) is 8.72. The molecule has 1 aliphatic heterocycles. The molecule has 0 spiro atoms. The first-order valence-electron chi connectivity index (χ1n) is 6.38. The number of hydrogen-bond donors (Lipinski definition) is 1. The molecule has 0 saturated heterocycles. The van der Waals surface area contributed by atoms with Crippen molar-refractivity contribution in [1.82, 2.24) is 4.57 Å². The number of fused-ring (bicyclic) bond motifs is 1. The van der Waals surface area contributed by atoms with Crippen LogP contribution in [0, 0.1) is 0 Å². The maximum absolute atomic E-state index is 6.00. The molecule has 3 heteroatoms. The van der Waals surface area contributed by atoms with Crippen molar-refractivity contribution in [2.75, 3.05) is 5.75 Å². The molecule has 1 aromatic heterocycles. The predicted molar refractivity (Wildman–Crippen MR) is 76.9 cm³/mol. The third-order valence-electron chi connectivity index (χ3n) is 3.55. The number of thioether (sulfide) groups is 1. The molecule has 3 rings (SSSR count). The Labute approximate surface area is 112 Å². The summed E-state index contributed by atoms with van der Waals surface area (Å²) in [6.45, 7) is 3.08. The Bertz CT molecular complexity index is 545. The van der Waals surface area contributed by atoms with Crippen molar-refractivity contribution in [2.24, 2.45) is 5.73 Å². The van der Waals surface area contributed by atoms with Gasteiger partial charge >= 0.3 is 0 Å². The van der Waals surface area contributed by atoms with Gasteiger partial charge in [0.25, 0.3) is 0 Å². The van der Waals surface area contributed by atoms with Gasteiger partial charge in [-0.3, -0.25) is 0 Å². The largest absolute Gasteiger partial charge is 0.349 e. The first-order valence-corrected chi connectivity index (χ1v) is 7.36. The first kappa shape index (κ1) is 11.9. The molecule has 0 amide bonds. The van der Waals surface area contributed by atoms with E-state index >= 15 is 0 Å². The van der Waals surface area contributed by atoms with E-state index in [1.807, 2.05) is 18.7 Å². The van der Waals surface area contributed by atoms with Crippen LogP contribution in [0.15, 0.2) is 47.5 Å². The molecule has 2 atom stereocenters. The second kappa shape index (κ2) is 4.82. The number of aromatic nitrogens is 1. The van der Waals surface area contributed by atoms with Crippen molar-refractivity contribution in [1.29, 1.82) is 0 Å². The lowest BCUT2D eigenvalue weighted by Gasteiger charge is -2.16. The summed E-state index contributed by atoms with van der Waals surface area (Å²) in [7, 11) is 0. The molecule has 0 fully saturated rings. The Balaban J connectivity index is 1.84. The molecule has 2 heterocycles. The molecule has 0 bridgehead atoms. The third-order valence-corrected chi connectivity index (χ3v) is 4.80. The van der Waals surface area contributed by atoms with Gasteiger partial charge in [0, 0.05) is 41.0 Å². The maximum atomic E-state index is 6.00. The Morgan fingerprint density at radius 1 is 1.33 bits per heavy atom. The maximum Gasteiger partial charge on any atom is 0.0421 e. The van der Waals surface area contributed by atoms with Gasteiger partial charge in [-0.25, -0.2) is 0 Å². The number of hydrogen-bond acceptors (Lipinski definition) is 2. The summed E-state index contributed by atoms with van der Waals surface area (Å²) in [5.74, 6) is 1.78. The lowest BCUT2D eigenvalue weighted by Crippen LogP contribution is -2.15. The monoisotopic (exact) mass is 258 g/mol. The van der Waals surface area contributed by atoms with Crippen molar-refractivity contribution in [3.63, 3.8) is 0 Å². The molecule has 2 nitrogen and oxygen atoms in total. The molecular weight excluding hydrogens is 240 g/mol. The van der Waals surface area contributed by atoms with Gasteiger partial charge in [0.05, 0.1) is 0 Å². The van der Waals surface area contributed by atoms with Crippen LogP contribution < -0.4 is 5.73 Å². The smallest absolute Gasteiger partial charge is 0.0421 e. The fourth-order valence-electron chi connectivity index (χ4n) is 2.62. The molecule has 0 aliphatic carbocycles. The van der Waals surface area contributed by atoms with Crippen LogP contribution >= 0.6 is 11.8 Å². The summed E-state index contributed by atoms with van der Waals surface area (Å²) < 4.78 is 2.30. The number of benzene rings is 1. The van der Waals surface area contributed by atoms with Crippen LogP contribution in [0.3, 0.4) is 0 Å². The van der Waals surface area contributed by atoms with Gasteiger partial charge in [0.1, 0.15) is 0 Å². The van der Waals surface area contributed by atoms with E-state index in [0.29, 0.717) is 5.92 Å². The minimum Gasteiger partial charge on any atom is -0.349 e. The second-order valence-electron chi connectivity index (χ2n) is 4.92. The Hall–Kier alpha value is -1.19. The predicted octanol–water partition coefficient (Wildman–Crippen LogP) is 3.40. The standard InChI is InChI=1S/C15H18N2S/c1-11(16)14-6-4-8-17(14)9-12-10-18-15-7-3-2-5-13(12)15/h2-8,11-12H,9-10,16H2,1H3. The van der Waals surface area contributed by atoms with Crippen molar-refractivity contribution in [2.45, 2.75) is 30.3 Å². The molecule has 0 saturated carbocycles.